The van der Waals surface area contributed by atoms with Crippen LogP contribution >= 0.6 is 0 Å². The van der Waals surface area contributed by atoms with Gasteiger partial charge in [-0.05, 0) is 47.9 Å². The minimum absolute atomic E-state index is 0.182. The van der Waals surface area contributed by atoms with Crippen LogP contribution in [-0.2, 0) is 6.42 Å². The zero-order valence-corrected chi connectivity index (χ0v) is 17.4. The maximum absolute atomic E-state index is 13.2. The highest BCUT2D eigenvalue weighted by atomic mass is 19.3. The Bertz CT molecular complexity index is 1080. The molecule has 0 bridgehead atoms. The minimum Gasteiger partial charge on any atom is -0.530 e. The Balaban J connectivity index is 1.74. The lowest BCUT2D eigenvalue weighted by molar-refractivity contribution is -0.253. The molecule has 2 atom stereocenters. The van der Waals surface area contributed by atoms with E-state index in [0.717, 1.165) is 12.1 Å². The Morgan fingerprint density at radius 1 is 1.06 bits per heavy atom. The number of ether oxygens (including phenoxy) is 2. The number of carbonyl (C=O) groups excluding carboxylic acids is 1. The number of carbonyl (C=O) groups is 1. The molecule has 2 unspecified atom stereocenters. The van der Waals surface area contributed by atoms with E-state index >= 15 is 0 Å². The molecule has 0 radical (unpaired) electrons. The Hall–Kier alpha value is -3.86. The van der Waals surface area contributed by atoms with Gasteiger partial charge < -0.3 is 29.8 Å². The number of benzene rings is 2. The summed E-state index contributed by atoms with van der Waals surface area (Å²) in [5.41, 5.74) is 0.569. The number of alkyl halides is 4. The quantitative estimate of drug-likeness (QED) is 0.430. The van der Waals surface area contributed by atoms with Crippen LogP contribution in [-0.4, -0.2) is 34.8 Å². The second-order valence-electron chi connectivity index (χ2n) is 7.14. The summed E-state index contributed by atoms with van der Waals surface area (Å²) in [5, 5.41) is 24.0. The van der Waals surface area contributed by atoms with Crippen molar-refractivity contribution in [3.05, 3.63) is 84.1 Å². The van der Waals surface area contributed by atoms with Crippen LogP contribution in [0.5, 0.6) is 17.4 Å². The van der Waals surface area contributed by atoms with Crippen molar-refractivity contribution in [3.63, 3.8) is 0 Å². The Morgan fingerprint density at radius 3 is 2.41 bits per heavy atom. The Morgan fingerprint density at radius 2 is 1.79 bits per heavy atom. The molecule has 1 aromatic heterocycles. The zero-order valence-electron chi connectivity index (χ0n) is 17.4. The first-order valence-electron chi connectivity index (χ1n) is 9.92. The molecule has 2 aromatic carbocycles. The molecule has 0 saturated heterocycles. The molecular formula is C23H19F4N2O5-. The van der Waals surface area contributed by atoms with Crippen LogP contribution < -0.4 is 19.9 Å². The van der Waals surface area contributed by atoms with Gasteiger partial charge in [0.25, 0.3) is 0 Å². The van der Waals surface area contributed by atoms with E-state index in [0.29, 0.717) is 17.2 Å². The number of nitrogens with one attached hydrogen (secondary N) is 1. The summed E-state index contributed by atoms with van der Waals surface area (Å²) in [7, 11) is 0. The number of pyridine rings is 1. The van der Waals surface area contributed by atoms with Crippen LogP contribution in [0.2, 0.25) is 0 Å². The van der Waals surface area contributed by atoms with Gasteiger partial charge in [0.2, 0.25) is 5.88 Å². The van der Waals surface area contributed by atoms with Gasteiger partial charge in [-0.3, -0.25) is 0 Å². The number of aromatic nitrogens is 1. The molecule has 1 heterocycles. The molecule has 11 heteroatoms. The van der Waals surface area contributed by atoms with Gasteiger partial charge in [0, 0.05) is 12.3 Å². The normalized spacial score (nSPS) is 13.2. The fourth-order valence-corrected chi connectivity index (χ4v) is 3.08. The van der Waals surface area contributed by atoms with E-state index in [1.807, 2.05) is 0 Å². The highest BCUT2D eigenvalue weighted by molar-refractivity contribution is 5.62. The number of rotatable bonds is 10. The van der Waals surface area contributed by atoms with Crippen LogP contribution in [0.15, 0.2) is 72.9 Å². The van der Waals surface area contributed by atoms with Crippen molar-refractivity contribution in [3.8, 4) is 17.4 Å². The summed E-state index contributed by atoms with van der Waals surface area (Å²) >= 11 is 0. The lowest BCUT2D eigenvalue weighted by Crippen LogP contribution is -2.47. The third-order valence-corrected chi connectivity index (χ3v) is 4.63. The average Bonchev–Trinajstić information content (AvgIpc) is 2.79. The number of hydrogen-bond donors (Lipinski definition) is 2. The average molecular weight is 479 g/mol. The monoisotopic (exact) mass is 479 g/mol. The van der Waals surface area contributed by atoms with E-state index in [-0.39, 0.29) is 12.0 Å². The standard InChI is InChI=1S/C23H20F4N2O5/c24-21(25)23(26,27)34-17-5-3-4-14(12-17)13-18(29-22(31)32)20(30)15-7-9-16(10-8-15)33-19-6-1-2-11-28-19/h1-12,18,20-21,29-30H,13H2,(H,31,32)/p-1. The first-order chi connectivity index (χ1) is 16.1. The molecule has 0 fully saturated rings. The molecule has 7 nitrogen and oxygen atoms in total. The largest absolute Gasteiger partial charge is 0.530 e. The van der Waals surface area contributed by atoms with Crippen LogP contribution in [0.3, 0.4) is 0 Å². The molecule has 0 spiro atoms. The lowest BCUT2D eigenvalue weighted by Gasteiger charge is -2.26. The van der Waals surface area contributed by atoms with Gasteiger partial charge in [0.1, 0.15) is 17.6 Å². The predicted molar refractivity (Wildman–Crippen MR) is 110 cm³/mol. The van der Waals surface area contributed by atoms with Gasteiger partial charge in [-0.15, -0.1) is 0 Å². The number of amides is 1. The summed E-state index contributed by atoms with van der Waals surface area (Å²) in [5.74, 6) is 0.233. The molecule has 2 N–H and O–H groups in total. The van der Waals surface area contributed by atoms with Gasteiger partial charge >= 0.3 is 12.5 Å². The van der Waals surface area contributed by atoms with Crippen LogP contribution in [0, 0.1) is 0 Å². The van der Waals surface area contributed by atoms with Crippen molar-refractivity contribution in [2.75, 3.05) is 0 Å². The van der Waals surface area contributed by atoms with E-state index in [1.165, 1.54) is 24.3 Å². The molecule has 180 valence electrons. The van der Waals surface area contributed by atoms with Crippen molar-refractivity contribution in [2.45, 2.75) is 31.1 Å². The highest BCUT2D eigenvalue weighted by Crippen LogP contribution is 2.29. The topological polar surface area (TPSA) is 104 Å². The van der Waals surface area contributed by atoms with E-state index in [4.69, 9.17) is 4.74 Å². The molecule has 1 amide bonds. The van der Waals surface area contributed by atoms with Crippen molar-refractivity contribution in [1.29, 1.82) is 0 Å². The first-order valence-corrected chi connectivity index (χ1v) is 9.92. The summed E-state index contributed by atoms with van der Waals surface area (Å²) in [6.45, 7) is 0. The molecule has 3 rings (SSSR count). The Labute approximate surface area is 191 Å². The maximum Gasteiger partial charge on any atom is 0.461 e. The van der Waals surface area contributed by atoms with Gasteiger partial charge in [0.15, 0.2) is 0 Å². The number of carboxylic acid groups (broad SMARTS) is 1. The minimum atomic E-state index is -4.69. The summed E-state index contributed by atoms with van der Waals surface area (Å²) in [4.78, 5) is 15.2. The number of halogens is 4. The van der Waals surface area contributed by atoms with E-state index in [2.05, 4.69) is 15.0 Å². The van der Waals surface area contributed by atoms with Crippen molar-refractivity contribution in [1.82, 2.24) is 10.3 Å². The molecule has 0 aliphatic heterocycles. The Kier molecular flexibility index (Phi) is 7.90. The van der Waals surface area contributed by atoms with Gasteiger partial charge in [-0.25, -0.2) is 4.98 Å². The lowest BCUT2D eigenvalue weighted by atomic mass is 9.96. The summed E-state index contributed by atoms with van der Waals surface area (Å²) < 4.78 is 60.8. The first kappa shape index (κ1) is 24.8. The molecule has 0 aliphatic rings. The fourth-order valence-electron chi connectivity index (χ4n) is 3.08. The van der Waals surface area contributed by atoms with E-state index < -0.39 is 36.5 Å². The van der Waals surface area contributed by atoms with Gasteiger partial charge in [-0.1, -0.05) is 30.3 Å². The van der Waals surface area contributed by atoms with Crippen LogP contribution in [0.1, 0.15) is 17.2 Å². The highest BCUT2D eigenvalue weighted by Gasteiger charge is 2.44. The number of nitrogens with zero attached hydrogens (tertiary/aromatic N) is 1. The number of hydrogen-bond acceptors (Lipinski definition) is 6. The van der Waals surface area contributed by atoms with E-state index in [9.17, 15) is 32.6 Å². The second-order valence-corrected chi connectivity index (χ2v) is 7.14. The third-order valence-electron chi connectivity index (χ3n) is 4.63. The third kappa shape index (κ3) is 6.82. The van der Waals surface area contributed by atoms with Crippen LogP contribution in [0.25, 0.3) is 0 Å². The van der Waals surface area contributed by atoms with Crippen LogP contribution in [0.4, 0.5) is 22.4 Å². The van der Waals surface area contributed by atoms with Crippen molar-refractivity contribution >= 4 is 6.09 Å². The SMILES string of the molecule is O=C([O-])NC(Cc1cccc(OC(F)(F)C(F)F)c1)C(O)c1ccc(Oc2ccccn2)cc1. The van der Waals surface area contributed by atoms with Gasteiger partial charge in [-0.2, -0.15) is 17.6 Å². The molecule has 0 saturated carbocycles. The predicted octanol–water partition coefficient (Wildman–Crippen LogP) is 3.69. The zero-order chi connectivity index (χ0) is 24.7. The summed E-state index contributed by atoms with van der Waals surface area (Å²) in [6, 6.07) is 14.9. The van der Waals surface area contributed by atoms with Gasteiger partial charge in [0.05, 0.1) is 12.1 Å². The number of aliphatic hydroxyl groups excluding tert-OH is 1. The maximum atomic E-state index is 13.2. The molecular weight excluding hydrogens is 460 g/mol. The number of aliphatic hydroxyl groups is 1. The molecule has 3 aromatic rings. The van der Waals surface area contributed by atoms with Crippen molar-refractivity contribution < 1.29 is 42.0 Å². The molecule has 0 aliphatic carbocycles. The second kappa shape index (κ2) is 10.8. The summed E-state index contributed by atoms with van der Waals surface area (Å²) in [6.07, 6.45) is -10.4. The smallest absolute Gasteiger partial charge is 0.461 e. The molecule has 34 heavy (non-hydrogen) atoms. The van der Waals surface area contributed by atoms with E-state index in [1.54, 1.807) is 36.5 Å². The van der Waals surface area contributed by atoms with Crippen molar-refractivity contribution in [2.24, 2.45) is 0 Å². The fraction of sp³-hybridized carbons (Fsp3) is 0.217.